The monoisotopic (exact) mass is 357 g/mol. The van der Waals surface area contributed by atoms with E-state index in [0.29, 0.717) is 19.7 Å². The molecule has 2 amide bonds. The lowest BCUT2D eigenvalue weighted by Gasteiger charge is -2.23. The summed E-state index contributed by atoms with van der Waals surface area (Å²) >= 11 is 0. The third-order valence-corrected chi connectivity index (χ3v) is 5.41. The molecule has 0 radical (unpaired) electrons. The Hall–Kier alpha value is -2.05. The third-order valence-electron chi connectivity index (χ3n) is 5.41. The highest BCUT2D eigenvalue weighted by Crippen LogP contribution is 2.29. The summed E-state index contributed by atoms with van der Waals surface area (Å²) < 4.78 is 13.1. The number of hydrogen-bond donors (Lipinski definition) is 1. The van der Waals surface area contributed by atoms with Crippen LogP contribution in [0.4, 0.5) is 4.79 Å². The van der Waals surface area contributed by atoms with Gasteiger partial charge in [-0.05, 0) is 36.5 Å². The Morgan fingerprint density at radius 3 is 3.12 bits per heavy atom. The first-order valence-corrected chi connectivity index (χ1v) is 9.49. The normalized spacial score (nSPS) is 19.7. The van der Waals surface area contributed by atoms with Crippen LogP contribution in [-0.2, 0) is 29.0 Å². The molecular formula is C20H27N3O3. The van der Waals surface area contributed by atoms with Crippen LogP contribution in [0, 0.1) is 0 Å². The van der Waals surface area contributed by atoms with Crippen LogP contribution in [0.2, 0.25) is 0 Å². The smallest absolute Gasteiger partial charge is 0.317 e. The maximum Gasteiger partial charge on any atom is 0.317 e. The number of benzene rings is 1. The molecule has 2 aliphatic heterocycles. The maximum atomic E-state index is 12.6. The van der Waals surface area contributed by atoms with Crippen LogP contribution in [0.25, 0.3) is 10.9 Å². The molecule has 4 rings (SSSR count). The number of methoxy groups -OCH3 is 1. The average Bonchev–Trinajstić information content (AvgIpc) is 3.25. The molecule has 26 heavy (non-hydrogen) atoms. The quantitative estimate of drug-likeness (QED) is 0.895. The number of nitrogens with one attached hydrogen (secondary N) is 1. The number of nitrogens with zero attached hydrogens (tertiary/aromatic N) is 2. The molecule has 1 aromatic carbocycles. The molecule has 1 unspecified atom stereocenters. The minimum atomic E-state index is 0.00918. The van der Waals surface area contributed by atoms with Gasteiger partial charge in [0, 0.05) is 57.0 Å². The predicted octanol–water partition coefficient (Wildman–Crippen LogP) is 2.53. The van der Waals surface area contributed by atoms with Gasteiger partial charge in [-0.25, -0.2) is 4.79 Å². The van der Waals surface area contributed by atoms with Crippen LogP contribution in [0.5, 0.6) is 0 Å². The number of rotatable bonds is 5. The first kappa shape index (κ1) is 17.4. The highest BCUT2D eigenvalue weighted by Gasteiger charge is 2.23. The number of aromatic nitrogens is 1. The Labute approximate surface area is 154 Å². The molecule has 1 aromatic heterocycles. The van der Waals surface area contributed by atoms with Gasteiger partial charge in [-0.3, -0.25) is 0 Å². The summed E-state index contributed by atoms with van der Waals surface area (Å²) in [5, 5.41) is 4.36. The van der Waals surface area contributed by atoms with Crippen molar-refractivity contribution in [1.82, 2.24) is 14.8 Å². The molecule has 3 heterocycles. The average molecular weight is 357 g/mol. The second-order valence-corrected chi connectivity index (χ2v) is 7.14. The number of amides is 2. The minimum Gasteiger partial charge on any atom is -0.383 e. The standard InChI is InChI=1S/C20H27N3O3/c1-25-11-9-22-13-16-7-8-23(14-15-4-2-6-18(22)19(15)16)20(24)21-12-17-5-3-10-26-17/h2,4,6,13,17H,3,5,7-12,14H2,1H3,(H,21,24). The Balaban J connectivity index is 1.50. The molecule has 1 atom stereocenters. The van der Waals surface area contributed by atoms with E-state index >= 15 is 0 Å². The van der Waals surface area contributed by atoms with Gasteiger partial charge in [-0.1, -0.05) is 12.1 Å². The molecule has 1 saturated heterocycles. The molecular weight excluding hydrogens is 330 g/mol. The van der Waals surface area contributed by atoms with E-state index in [2.05, 4.69) is 34.3 Å². The summed E-state index contributed by atoms with van der Waals surface area (Å²) in [4.78, 5) is 14.6. The van der Waals surface area contributed by atoms with E-state index in [1.165, 1.54) is 22.0 Å². The molecule has 0 aliphatic carbocycles. The van der Waals surface area contributed by atoms with Crippen molar-refractivity contribution in [1.29, 1.82) is 0 Å². The summed E-state index contributed by atoms with van der Waals surface area (Å²) in [5.41, 5.74) is 3.77. The lowest BCUT2D eigenvalue weighted by molar-refractivity contribution is 0.108. The van der Waals surface area contributed by atoms with Crippen molar-refractivity contribution in [3.8, 4) is 0 Å². The zero-order valence-corrected chi connectivity index (χ0v) is 15.4. The molecule has 6 nitrogen and oxygen atoms in total. The number of hydrogen-bond acceptors (Lipinski definition) is 3. The second-order valence-electron chi connectivity index (χ2n) is 7.14. The van der Waals surface area contributed by atoms with Crippen molar-refractivity contribution in [2.75, 3.05) is 33.4 Å². The van der Waals surface area contributed by atoms with Crippen LogP contribution in [0.15, 0.2) is 24.4 Å². The van der Waals surface area contributed by atoms with Crippen LogP contribution in [0.1, 0.15) is 24.0 Å². The Morgan fingerprint density at radius 1 is 1.38 bits per heavy atom. The van der Waals surface area contributed by atoms with Crippen molar-refractivity contribution >= 4 is 16.9 Å². The van der Waals surface area contributed by atoms with Gasteiger partial charge in [-0.2, -0.15) is 0 Å². The molecule has 6 heteroatoms. The zero-order chi connectivity index (χ0) is 17.9. The lowest BCUT2D eigenvalue weighted by atomic mass is 10.1. The highest BCUT2D eigenvalue weighted by atomic mass is 16.5. The van der Waals surface area contributed by atoms with Crippen molar-refractivity contribution in [3.63, 3.8) is 0 Å². The van der Waals surface area contributed by atoms with Gasteiger partial charge < -0.3 is 24.3 Å². The SMILES string of the molecule is COCCn1cc2c3c(cccc31)CN(C(=O)NCC1CCCO1)CC2. The highest BCUT2D eigenvalue weighted by molar-refractivity contribution is 5.88. The maximum absolute atomic E-state index is 12.6. The Kier molecular flexibility index (Phi) is 5.13. The molecule has 2 aliphatic rings. The number of ether oxygens (including phenoxy) is 2. The van der Waals surface area contributed by atoms with E-state index in [1.807, 2.05) is 4.90 Å². The Morgan fingerprint density at radius 2 is 2.31 bits per heavy atom. The van der Waals surface area contributed by atoms with E-state index in [1.54, 1.807) is 7.11 Å². The van der Waals surface area contributed by atoms with Crippen molar-refractivity contribution in [2.45, 2.75) is 38.5 Å². The topological polar surface area (TPSA) is 55.7 Å². The fourth-order valence-corrected chi connectivity index (χ4v) is 4.05. The number of carbonyl (C=O) groups is 1. The number of carbonyl (C=O) groups excluding carboxylic acids is 1. The number of urea groups is 1. The largest absolute Gasteiger partial charge is 0.383 e. The van der Waals surface area contributed by atoms with Gasteiger partial charge in [0.15, 0.2) is 0 Å². The molecule has 1 fully saturated rings. The predicted molar refractivity (Wildman–Crippen MR) is 100 cm³/mol. The summed E-state index contributed by atoms with van der Waals surface area (Å²) in [5.74, 6) is 0. The van der Waals surface area contributed by atoms with Crippen molar-refractivity contribution in [3.05, 3.63) is 35.5 Å². The van der Waals surface area contributed by atoms with Crippen LogP contribution >= 0.6 is 0 Å². The Bertz CT molecular complexity index is 780. The van der Waals surface area contributed by atoms with E-state index < -0.39 is 0 Å². The summed E-state index contributed by atoms with van der Waals surface area (Å²) in [6.45, 7) is 4.35. The molecule has 0 saturated carbocycles. The van der Waals surface area contributed by atoms with E-state index in [-0.39, 0.29) is 12.1 Å². The van der Waals surface area contributed by atoms with Gasteiger partial charge >= 0.3 is 6.03 Å². The van der Waals surface area contributed by atoms with Crippen LogP contribution < -0.4 is 5.32 Å². The lowest BCUT2D eigenvalue weighted by Crippen LogP contribution is -2.42. The van der Waals surface area contributed by atoms with Crippen LogP contribution in [-0.4, -0.2) is 55.0 Å². The molecule has 0 spiro atoms. The van der Waals surface area contributed by atoms with Crippen molar-refractivity contribution in [2.24, 2.45) is 0 Å². The third kappa shape index (κ3) is 3.44. The van der Waals surface area contributed by atoms with Crippen LogP contribution in [0.3, 0.4) is 0 Å². The second kappa shape index (κ2) is 7.68. The molecule has 0 bridgehead atoms. The first-order valence-electron chi connectivity index (χ1n) is 9.49. The minimum absolute atomic E-state index is 0.00918. The van der Waals surface area contributed by atoms with Gasteiger partial charge in [-0.15, -0.1) is 0 Å². The first-order chi connectivity index (χ1) is 12.8. The van der Waals surface area contributed by atoms with E-state index in [0.717, 1.165) is 39.0 Å². The van der Waals surface area contributed by atoms with Gasteiger partial charge in [0.2, 0.25) is 0 Å². The summed E-state index contributed by atoms with van der Waals surface area (Å²) in [6.07, 6.45) is 5.40. The van der Waals surface area contributed by atoms with Gasteiger partial charge in [0.05, 0.1) is 12.7 Å². The summed E-state index contributed by atoms with van der Waals surface area (Å²) in [7, 11) is 1.73. The fourth-order valence-electron chi connectivity index (χ4n) is 4.05. The molecule has 140 valence electrons. The van der Waals surface area contributed by atoms with Crippen molar-refractivity contribution < 1.29 is 14.3 Å². The molecule has 2 aromatic rings. The summed E-state index contributed by atoms with van der Waals surface area (Å²) in [6, 6.07) is 6.39. The van der Waals surface area contributed by atoms with Gasteiger partial charge in [0.1, 0.15) is 0 Å². The zero-order valence-electron chi connectivity index (χ0n) is 15.4. The van der Waals surface area contributed by atoms with Gasteiger partial charge in [0.25, 0.3) is 0 Å². The van der Waals surface area contributed by atoms with E-state index in [4.69, 9.17) is 9.47 Å². The van der Waals surface area contributed by atoms with E-state index in [9.17, 15) is 4.79 Å². The molecule has 1 N–H and O–H groups in total. The fraction of sp³-hybridized carbons (Fsp3) is 0.550.